The molecule has 0 unspecified atom stereocenters. The maximum Gasteiger partial charge on any atom is 0.258 e. The summed E-state index contributed by atoms with van der Waals surface area (Å²) >= 11 is 0. The van der Waals surface area contributed by atoms with E-state index < -0.39 is 6.04 Å². The van der Waals surface area contributed by atoms with E-state index in [0.717, 1.165) is 19.3 Å². The molecule has 0 radical (unpaired) electrons. The SMILES string of the molecule is CNC[C@H]1OCCCC[C@@H](C)Oc2ccc(NC(=O)c3ccccc3)cc2C(=O)N([C@H](C)CO)C[C@@H]1C. The van der Waals surface area contributed by atoms with Crippen LogP contribution in [0.3, 0.4) is 0 Å². The molecule has 0 fully saturated rings. The van der Waals surface area contributed by atoms with Crippen molar-refractivity contribution in [2.24, 2.45) is 5.92 Å². The van der Waals surface area contributed by atoms with Gasteiger partial charge in [-0.05, 0) is 70.5 Å². The van der Waals surface area contributed by atoms with Crippen molar-refractivity contribution in [3.63, 3.8) is 0 Å². The van der Waals surface area contributed by atoms with Crippen LogP contribution in [0.25, 0.3) is 0 Å². The van der Waals surface area contributed by atoms with Crippen LogP contribution >= 0.6 is 0 Å². The van der Waals surface area contributed by atoms with Gasteiger partial charge in [0.15, 0.2) is 0 Å². The topological polar surface area (TPSA) is 100 Å². The molecule has 1 heterocycles. The summed E-state index contributed by atoms with van der Waals surface area (Å²) in [7, 11) is 1.89. The van der Waals surface area contributed by atoms with E-state index in [1.54, 1.807) is 47.4 Å². The van der Waals surface area contributed by atoms with Gasteiger partial charge in [-0.2, -0.15) is 0 Å². The Bertz CT molecular complexity index is 1020. The summed E-state index contributed by atoms with van der Waals surface area (Å²) in [6, 6.07) is 13.7. The smallest absolute Gasteiger partial charge is 0.258 e. The number of nitrogens with zero attached hydrogens (tertiary/aromatic N) is 1. The predicted octanol–water partition coefficient (Wildman–Crippen LogP) is 3.95. The van der Waals surface area contributed by atoms with Gasteiger partial charge >= 0.3 is 0 Å². The number of rotatable bonds is 6. The molecule has 2 aromatic carbocycles. The third-order valence-electron chi connectivity index (χ3n) is 6.75. The number of hydrogen-bond acceptors (Lipinski definition) is 6. The Labute approximate surface area is 220 Å². The van der Waals surface area contributed by atoms with Crippen molar-refractivity contribution in [3.8, 4) is 5.75 Å². The van der Waals surface area contributed by atoms with E-state index in [2.05, 4.69) is 17.6 Å². The fraction of sp³-hybridized carbons (Fsp3) is 0.517. The molecular weight excluding hydrogens is 470 g/mol. The molecule has 0 aromatic heterocycles. The third kappa shape index (κ3) is 8.02. The highest BCUT2D eigenvalue weighted by atomic mass is 16.5. The molecule has 0 aliphatic carbocycles. The lowest BCUT2D eigenvalue weighted by molar-refractivity contribution is -0.000452. The summed E-state index contributed by atoms with van der Waals surface area (Å²) in [6.45, 7) is 7.43. The molecule has 8 heteroatoms. The first kappa shape index (κ1) is 28.6. The summed E-state index contributed by atoms with van der Waals surface area (Å²) in [4.78, 5) is 28.4. The largest absolute Gasteiger partial charge is 0.490 e. The number of nitrogens with one attached hydrogen (secondary N) is 2. The molecule has 2 aromatic rings. The van der Waals surface area contributed by atoms with Crippen LogP contribution in [-0.4, -0.2) is 73.4 Å². The van der Waals surface area contributed by atoms with Gasteiger partial charge in [0.05, 0.1) is 30.4 Å². The molecule has 1 aliphatic heterocycles. The minimum atomic E-state index is -0.411. The monoisotopic (exact) mass is 511 g/mol. The van der Waals surface area contributed by atoms with Crippen molar-refractivity contribution in [1.82, 2.24) is 10.2 Å². The highest BCUT2D eigenvalue weighted by molar-refractivity contribution is 6.05. The van der Waals surface area contributed by atoms with E-state index in [9.17, 15) is 14.7 Å². The molecule has 0 saturated carbocycles. The number of ether oxygens (including phenoxy) is 2. The average molecular weight is 512 g/mol. The Morgan fingerprint density at radius 3 is 2.62 bits per heavy atom. The third-order valence-corrected chi connectivity index (χ3v) is 6.75. The second-order valence-corrected chi connectivity index (χ2v) is 9.89. The fourth-order valence-electron chi connectivity index (χ4n) is 4.48. The Kier molecular flexibility index (Phi) is 10.9. The summed E-state index contributed by atoms with van der Waals surface area (Å²) in [6.07, 6.45) is 2.53. The molecule has 0 spiro atoms. The number of amides is 2. The van der Waals surface area contributed by atoms with E-state index >= 15 is 0 Å². The van der Waals surface area contributed by atoms with Crippen LogP contribution in [0.1, 0.15) is 60.7 Å². The molecule has 0 saturated heterocycles. The van der Waals surface area contributed by atoms with Crippen LogP contribution in [0.15, 0.2) is 48.5 Å². The molecular formula is C29H41N3O5. The number of aliphatic hydroxyl groups excluding tert-OH is 1. The summed E-state index contributed by atoms with van der Waals surface area (Å²) in [5.41, 5.74) is 1.38. The molecule has 1 aliphatic rings. The van der Waals surface area contributed by atoms with Crippen molar-refractivity contribution in [1.29, 1.82) is 0 Å². The van der Waals surface area contributed by atoms with Crippen LogP contribution in [0.4, 0.5) is 5.69 Å². The van der Waals surface area contributed by atoms with Gasteiger partial charge in [0.25, 0.3) is 11.8 Å². The number of anilines is 1. The molecule has 4 atom stereocenters. The van der Waals surface area contributed by atoms with Crippen LogP contribution in [0.2, 0.25) is 0 Å². The quantitative estimate of drug-likeness (QED) is 0.543. The van der Waals surface area contributed by atoms with Gasteiger partial charge in [-0.1, -0.05) is 25.1 Å². The first-order chi connectivity index (χ1) is 17.8. The number of carbonyl (C=O) groups is 2. The Hall–Kier alpha value is -2.94. The minimum absolute atomic E-state index is 0.0256. The lowest BCUT2D eigenvalue weighted by atomic mass is 10.0. The maximum absolute atomic E-state index is 14.0. The van der Waals surface area contributed by atoms with Gasteiger partial charge in [-0.15, -0.1) is 0 Å². The Balaban J connectivity index is 1.97. The number of likely N-dealkylation sites (N-methyl/N-ethyl adjacent to an activating group) is 1. The first-order valence-corrected chi connectivity index (χ1v) is 13.2. The average Bonchev–Trinajstić information content (AvgIpc) is 2.90. The lowest BCUT2D eigenvalue weighted by Gasteiger charge is -2.34. The van der Waals surface area contributed by atoms with E-state index in [0.29, 0.717) is 42.3 Å². The maximum atomic E-state index is 14.0. The van der Waals surface area contributed by atoms with E-state index in [4.69, 9.17) is 9.47 Å². The molecule has 3 rings (SSSR count). The molecule has 0 bridgehead atoms. The normalized spacial score (nSPS) is 22.4. The highest BCUT2D eigenvalue weighted by Gasteiger charge is 2.29. The molecule has 37 heavy (non-hydrogen) atoms. The second-order valence-electron chi connectivity index (χ2n) is 9.89. The summed E-state index contributed by atoms with van der Waals surface area (Å²) in [5, 5.41) is 16.1. The molecule has 3 N–H and O–H groups in total. The second kappa shape index (κ2) is 14.1. The van der Waals surface area contributed by atoms with Crippen molar-refractivity contribution in [2.75, 3.05) is 38.7 Å². The van der Waals surface area contributed by atoms with Crippen molar-refractivity contribution < 1.29 is 24.2 Å². The van der Waals surface area contributed by atoms with Gasteiger partial charge in [-0.25, -0.2) is 0 Å². The van der Waals surface area contributed by atoms with Gasteiger partial charge in [0.1, 0.15) is 5.75 Å². The van der Waals surface area contributed by atoms with Crippen LogP contribution in [0, 0.1) is 5.92 Å². The van der Waals surface area contributed by atoms with Gasteiger partial charge < -0.3 is 30.1 Å². The number of fused-ring (bicyclic) bond motifs is 1. The molecule has 2 amide bonds. The zero-order valence-electron chi connectivity index (χ0n) is 22.4. The zero-order chi connectivity index (χ0) is 26.8. The van der Waals surface area contributed by atoms with E-state index in [1.165, 1.54) is 0 Å². The van der Waals surface area contributed by atoms with Crippen molar-refractivity contribution in [2.45, 2.75) is 58.3 Å². The van der Waals surface area contributed by atoms with Gasteiger partial charge in [-0.3, -0.25) is 9.59 Å². The number of benzene rings is 2. The van der Waals surface area contributed by atoms with Gasteiger partial charge in [0.2, 0.25) is 0 Å². The summed E-state index contributed by atoms with van der Waals surface area (Å²) in [5.74, 6) is -0.0215. The zero-order valence-corrected chi connectivity index (χ0v) is 22.4. The minimum Gasteiger partial charge on any atom is -0.490 e. The number of carbonyl (C=O) groups excluding carboxylic acids is 2. The van der Waals surface area contributed by atoms with Crippen LogP contribution in [0.5, 0.6) is 5.75 Å². The van der Waals surface area contributed by atoms with Gasteiger partial charge in [0, 0.05) is 36.9 Å². The lowest BCUT2D eigenvalue weighted by Crippen LogP contribution is -2.47. The highest BCUT2D eigenvalue weighted by Crippen LogP contribution is 2.28. The standard InChI is InChI=1S/C29H41N3O5/c1-20-18-32(21(2)19-33)29(35)25-16-24(31-28(34)23-11-6-5-7-12-23)13-14-26(25)37-22(3)10-8-9-15-36-27(20)17-30-4/h5-7,11-14,16,20-22,27,30,33H,8-10,15,17-19H2,1-4H3,(H,31,34)/t20-,21+,22+,27+/m0/s1. The van der Waals surface area contributed by atoms with Crippen molar-refractivity contribution >= 4 is 17.5 Å². The predicted molar refractivity (Wildman–Crippen MR) is 145 cm³/mol. The van der Waals surface area contributed by atoms with Crippen LogP contribution < -0.4 is 15.4 Å². The molecule has 8 nitrogen and oxygen atoms in total. The van der Waals surface area contributed by atoms with E-state index in [1.807, 2.05) is 27.0 Å². The molecule has 202 valence electrons. The van der Waals surface area contributed by atoms with Crippen LogP contribution in [-0.2, 0) is 4.74 Å². The number of hydrogen-bond donors (Lipinski definition) is 3. The summed E-state index contributed by atoms with van der Waals surface area (Å²) < 4.78 is 12.4. The Morgan fingerprint density at radius 1 is 1.16 bits per heavy atom. The van der Waals surface area contributed by atoms with Crippen molar-refractivity contribution in [3.05, 3.63) is 59.7 Å². The number of aliphatic hydroxyl groups is 1. The van der Waals surface area contributed by atoms with E-state index in [-0.39, 0.29) is 36.5 Å². The first-order valence-electron chi connectivity index (χ1n) is 13.2. The Morgan fingerprint density at radius 2 is 1.92 bits per heavy atom. The fourth-order valence-corrected chi connectivity index (χ4v) is 4.48.